The van der Waals surface area contributed by atoms with Gasteiger partial charge in [-0.2, -0.15) is 4.58 Å². The summed E-state index contributed by atoms with van der Waals surface area (Å²) in [6.45, 7) is 4.46. The van der Waals surface area contributed by atoms with Crippen molar-refractivity contribution in [1.29, 1.82) is 0 Å². The first-order valence-corrected chi connectivity index (χ1v) is 3.73. The molecule has 1 radical (unpaired) electrons. The molecule has 1 rings (SSSR count). The van der Waals surface area contributed by atoms with Crippen molar-refractivity contribution in [2.75, 3.05) is 6.54 Å². The van der Waals surface area contributed by atoms with Gasteiger partial charge in [-0.05, 0) is 6.42 Å². The Hall–Kier alpha value is -0.990. The van der Waals surface area contributed by atoms with Gasteiger partial charge in [0.1, 0.15) is 11.4 Å². The van der Waals surface area contributed by atoms with E-state index in [-0.39, 0.29) is 0 Å². The van der Waals surface area contributed by atoms with Crippen LogP contribution in [-0.4, -0.2) is 26.2 Å². The summed E-state index contributed by atoms with van der Waals surface area (Å²) >= 11 is 4.68. The molecule has 11 heavy (non-hydrogen) atoms. The minimum atomic E-state index is 0.726. The van der Waals surface area contributed by atoms with E-state index in [1.807, 2.05) is 0 Å². The Morgan fingerprint density at radius 1 is 1.82 bits per heavy atom. The van der Waals surface area contributed by atoms with E-state index < -0.39 is 0 Å². The van der Waals surface area contributed by atoms with Crippen LogP contribution in [0.4, 0.5) is 5.95 Å². The number of aromatic nitrogens is 2. The van der Waals surface area contributed by atoms with Crippen molar-refractivity contribution >= 4 is 23.3 Å². The Morgan fingerprint density at radius 2 is 2.64 bits per heavy atom. The molecule has 0 aliphatic carbocycles. The third-order valence-corrected chi connectivity index (χ3v) is 1.45. The van der Waals surface area contributed by atoms with Gasteiger partial charge in [0.15, 0.2) is 0 Å². The normalized spacial score (nSPS) is 9.18. The largest absolute Gasteiger partial charge is 0.404 e. The Morgan fingerprint density at radius 3 is 3.09 bits per heavy atom. The molecule has 0 fully saturated rings. The molecular formula is C7H9N3S+. The van der Waals surface area contributed by atoms with Gasteiger partial charge in [0.25, 0.3) is 0 Å². The summed E-state index contributed by atoms with van der Waals surface area (Å²) in [5.41, 5.74) is 0. The smallest absolute Gasteiger partial charge is 0.245 e. The quantitative estimate of drug-likeness (QED) is 0.419. The minimum Gasteiger partial charge on any atom is -0.245 e. The number of aromatic amines is 1. The molecule has 0 bridgehead atoms. The fourth-order valence-corrected chi connectivity index (χ4v) is 0.935. The van der Waals surface area contributed by atoms with Gasteiger partial charge < -0.3 is 0 Å². The highest BCUT2D eigenvalue weighted by Crippen LogP contribution is 2.00. The van der Waals surface area contributed by atoms with E-state index >= 15 is 0 Å². The Bertz CT molecular complexity index is 259. The summed E-state index contributed by atoms with van der Waals surface area (Å²) in [7, 11) is 0. The van der Waals surface area contributed by atoms with Crippen LogP contribution in [0.3, 0.4) is 0 Å². The predicted molar refractivity (Wildman–Crippen MR) is 45.9 cm³/mol. The van der Waals surface area contributed by atoms with Crippen LogP contribution in [0.25, 0.3) is 0 Å². The first kappa shape index (κ1) is 8.11. The molecule has 0 saturated carbocycles. The maximum absolute atomic E-state index is 4.68. The molecule has 57 valence electrons. The van der Waals surface area contributed by atoms with E-state index in [0.29, 0.717) is 0 Å². The Kier molecular flexibility index (Phi) is 2.95. The monoisotopic (exact) mass is 167 g/mol. The molecule has 0 saturated heterocycles. The summed E-state index contributed by atoms with van der Waals surface area (Å²) in [5.74, 6) is 0.726. The lowest BCUT2D eigenvalue weighted by Gasteiger charge is -1.93. The number of isothiocyanates is 1. The first-order chi connectivity index (χ1) is 5.38. The summed E-state index contributed by atoms with van der Waals surface area (Å²) in [6.07, 6.45) is 4.21. The highest BCUT2D eigenvalue weighted by atomic mass is 32.1. The van der Waals surface area contributed by atoms with Gasteiger partial charge in [0.2, 0.25) is 0 Å². The lowest BCUT2D eigenvalue weighted by atomic mass is 10.5. The average Bonchev–Trinajstić information content (AvgIpc) is 2.52. The van der Waals surface area contributed by atoms with Crippen molar-refractivity contribution in [3.05, 3.63) is 19.3 Å². The molecule has 0 aliphatic heterocycles. The molecule has 0 aliphatic rings. The van der Waals surface area contributed by atoms with Crippen molar-refractivity contribution in [1.82, 2.24) is 9.97 Å². The SMILES string of the molecule is [CH2]CC[N+](=C=S)c1ncc[nH]1. The van der Waals surface area contributed by atoms with Crippen molar-refractivity contribution in [2.45, 2.75) is 6.42 Å². The zero-order chi connectivity index (χ0) is 8.10. The van der Waals surface area contributed by atoms with Gasteiger partial charge in [-0.25, -0.2) is 4.98 Å². The van der Waals surface area contributed by atoms with Crippen molar-refractivity contribution < 1.29 is 4.58 Å². The fourth-order valence-electron chi connectivity index (χ4n) is 0.757. The summed E-state index contributed by atoms with van der Waals surface area (Å²) < 4.78 is 1.72. The maximum atomic E-state index is 4.68. The van der Waals surface area contributed by atoms with Gasteiger partial charge in [-0.3, -0.25) is 0 Å². The number of hydrogen-bond acceptors (Lipinski definition) is 2. The number of rotatable bonds is 3. The Balaban J connectivity index is 2.81. The highest BCUT2D eigenvalue weighted by molar-refractivity contribution is 7.78. The standard InChI is InChI=1S/C7H9N3S/c1-2-5-10(6-11)7-8-3-4-9-7/h3-4H,1-2,5H2,(H,8,9)/q+1. The molecule has 4 heteroatoms. The van der Waals surface area contributed by atoms with Crippen LogP contribution in [0.1, 0.15) is 6.42 Å². The maximum Gasteiger partial charge on any atom is 0.404 e. The van der Waals surface area contributed by atoms with E-state index in [1.54, 1.807) is 17.0 Å². The van der Waals surface area contributed by atoms with E-state index in [1.165, 1.54) is 0 Å². The van der Waals surface area contributed by atoms with Crippen LogP contribution in [0.2, 0.25) is 0 Å². The molecule has 0 aromatic carbocycles. The molecule has 1 aromatic rings. The van der Waals surface area contributed by atoms with Crippen LogP contribution >= 0.6 is 12.2 Å². The van der Waals surface area contributed by atoms with E-state index in [9.17, 15) is 0 Å². The summed E-state index contributed by atoms with van der Waals surface area (Å²) in [4.78, 5) is 6.95. The first-order valence-electron chi connectivity index (χ1n) is 3.32. The Labute approximate surface area is 70.8 Å². The topological polar surface area (TPSA) is 31.7 Å². The van der Waals surface area contributed by atoms with Crippen LogP contribution in [-0.2, 0) is 0 Å². The molecule has 1 heterocycles. The molecule has 0 atom stereocenters. The second-order valence-corrected chi connectivity index (χ2v) is 2.19. The van der Waals surface area contributed by atoms with Crippen LogP contribution in [0, 0.1) is 6.92 Å². The molecular weight excluding hydrogens is 158 g/mol. The fraction of sp³-hybridized carbons (Fsp3) is 0.286. The zero-order valence-electron chi connectivity index (χ0n) is 6.08. The summed E-state index contributed by atoms with van der Waals surface area (Å²) in [5, 5.41) is 2.59. The lowest BCUT2D eigenvalue weighted by Crippen LogP contribution is -2.05. The predicted octanol–water partition coefficient (Wildman–Crippen LogP) is 1.38. The third kappa shape index (κ3) is 1.97. The highest BCUT2D eigenvalue weighted by Gasteiger charge is 2.06. The zero-order valence-corrected chi connectivity index (χ0v) is 6.90. The number of nitrogens with one attached hydrogen (secondary N) is 1. The number of nitrogens with zero attached hydrogens (tertiary/aromatic N) is 2. The molecule has 3 nitrogen and oxygen atoms in total. The van der Waals surface area contributed by atoms with Crippen LogP contribution in [0.5, 0.6) is 0 Å². The van der Waals surface area contributed by atoms with Gasteiger partial charge >= 0.3 is 5.95 Å². The second kappa shape index (κ2) is 4.01. The van der Waals surface area contributed by atoms with Crippen molar-refractivity contribution in [2.24, 2.45) is 0 Å². The molecule has 0 amide bonds. The number of H-pyrrole nitrogens is 1. The van der Waals surface area contributed by atoms with Crippen LogP contribution in [0.15, 0.2) is 12.4 Å². The molecule has 1 N–H and O–H groups in total. The second-order valence-electron chi connectivity index (χ2n) is 2.01. The van der Waals surface area contributed by atoms with Gasteiger partial charge in [0.05, 0.1) is 12.7 Å². The lowest BCUT2D eigenvalue weighted by molar-refractivity contribution is -0.439. The molecule has 1 aromatic heterocycles. The average molecular weight is 167 g/mol. The van der Waals surface area contributed by atoms with E-state index in [0.717, 1.165) is 18.9 Å². The number of hydrogen-bond donors (Lipinski definition) is 1. The summed E-state index contributed by atoms with van der Waals surface area (Å²) in [6, 6.07) is 0. The van der Waals surface area contributed by atoms with Crippen molar-refractivity contribution in [3.63, 3.8) is 0 Å². The van der Waals surface area contributed by atoms with E-state index in [2.05, 4.69) is 34.3 Å². The number of imidazole rings is 1. The van der Waals surface area contributed by atoms with Gasteiger partial charge in [-0.1, -0.05) is 11.9 Å². The molecule has 0 spiro atoms. The number of thiocarbonyl (C=S) groups is 1. The van der Waals surface area contributed by atoms with E-state index in [4.69, 9.17) is 0 Å². The van der Waals surface area contributed by atoms with Gasteiger partial charge in [0, 0.05) is 12.2 Å². The molecule has 0 unspecified atom stereocenters. The van der Waals surface area contributed by atoms with Crippen molar-refractivity contribution in [3.8, 4) is 0 Å². The minimum absolute atomic E-state index is 0.726. The van der Waals surface area contributed by atoms with Gasteiger partial charge in [-0.15, -0.1) is 0 Å². The third-order valence-electron chi connectivity index (χ3n) is 1.23. The van der Waals surface area contributed by atoms with Crippen LogP contribution < -0.4 is 0 Å².